The first kappa shape index (κ1) is 23.0. The lowest BCUT2D eigenvalue weighted by Gasteiger charge is -2.22. The Kier molecular flexibility index (Phi) is 7.42. The van der Waals surface area contributed by atoms with Crippen LogP contribution >= 0.6 is 0 Å². The minimum absolute atomic E-state index is 0.00538. The van der Waals surface area contributed by atoms with Crippen LogP contribution in [0, 0.1) is 11.8 Å². The minimum Gasteiger partial charge on any atom is -0.493 e. The molecule has 0 radical (unpaired) electrons. The summed E-state index contributed by atoms with van der Waals surface area (Å²) in [5.41, 5.74) is 6.38. The number of hydrazine groups is 1. The molecule has 0 bridgehead atoms. The number of carbonyl (C=O) groups is 1. The molecule has 1 fully saturated rings. The Bertz CT molecular complexity index is 1100. The van der Waals surface area contributed by atoms with Gasteiger partial charge in [0, 0.05) is 12.0 Å². The lowest BCUT2D eigenvalue weighted by molar-refractivity contribution is -0.121. The van der Waals surface area contributed by atoms with E-state index in [9.17, 15) is 4.79 Å². The molecule has 1 atom stereocenters. The van der Waals surface area contributed by atoms with E-state index in [1.165, 1.54) is 0 Å². The van der Waals surface area contributed by atoms with Crippen molar-refractivity contribution in [3.63, 3.8) is 0 Å². The van der Waals surface area contributed by atoms with Gasteiger partial charge in [-0.1, -0.05) is 19.6 Å². The molecular formula is C26H32N4O3. The summed E-state index contributed by atoms with van der Waals surface area (Å²) >= 11 is 0. The summed E-state index contributed by atoms with van der Waals surface area (Å²) in [5, 5.41) is 3.38. The number of fused-ring (bicyclic) bond motifs is 1. The van der Waals surface area contributed by atoms with Crippen molar-refractivity contribution < 1.29 is 13.9 Å². The Balaban J connectivity index is 1.45. The summed E-state index contributed by atoms with van der Waals surface area (Å²) < 4.78 is 12.0. The van der Waals surface area contributed by atoms with Gasteiger partial charge in [-0.25, -0.2) is 10.8 Å². The van der Waals surface area contributed by atoms with Crippen molar-refractivity contribution in [1.29, 1.82) is 0 Å². The third kappa shape index (κ3) is 5.61. The normalized spacial score (nSPS) is 15.3. The summed E-state index contributed by atoms with van der Waals surface area (Å²) in [6.07, 6.45) is 3.42. The van der Waals surface area contributed by atoms with Crippen LogP contribution < -0.4 is 21.3 Å². The topological polar surface area (TPSA) is 102 Å². The Morgan fingerprint density at radius 1 is 1.27 bits per heavy atom. The van der Waals surface area contributed by atoms with Crippen molar-refractivity contribution in [2.45, 2.75) is 32.6 Å². The standard InChI is InChI=1S/C26H32N4O3/c1-3-19(15-25(31)30-27)17(2)21-6-9-23-24(14-21)33-26(29-23)20-4-7-22(8-5-20)32-16-18-10-12-28-13-11-18/h4-9,14,18-19,28H,2-3,10-13,15-16,27H2,1H3,(H,30,31). The molecular weight excluding hydrogens is 416 g/mol. The molecule has 0 aliphatic carbocycles. The smallest absolute Gasteiger partial charge is 0.234 e. The van der Waals surface area contributed by atoms with Gasteiger partial charge in [-0.15, -0.1) is 0 Å². The van der Waals surface area contributed by atoms with E-state index >= 15 is 0 Å². The molecule has 7 nitrogen and oxygen atoms in total. The highest BCUT2D eigenvalue weighted by molar-refractivity contribution is 5.83. The Morgan fingerprint density at radius 3 is 2.73 bits per heavy atom. The van der Waals surface area contributed by atoms with Crippen LogP contribution in [0.3, 0.4) is 0 Å². The van der Waals surface area contributed by atoms with Crippen molar-refractivity contribution >= 4 is 22.6 Å². The number of aromatic nitrogens is 1. The SMILES string of the molecule is C=C(c1ccc2nc(-c3ccc(OCC4CCNCC4)cc3)oc2c1)C(CC)CC(=O)NN. The van der Waals surface area contributed by atoms with E-state index in [0.29, 0.717) is 23.8 Å². The van der Waals surface area contributed by atoms with E-state index in [2.05, 4.69) is 22.3 Å². The first-order chi connectivity index (χ1) is 16.1. The first-order valence-corrected chi connectivity index (χ1v) is 11.6. The van der Waals surface area contributed by atoms with Gasteiger partial charge >= 0.3 is 0 Å². The van der Waals surface area contributed by atoms with Gasteiger partial charge < -0.3 is 14.5 Å². The molecule has 7 heteroatoms. The molecule has 2 heterocycles. The number of rotatable bonds is 9. The summed E-state index contributed by atoms with van der Waals surface area (Å²) in [6, 6.07) is 13.7. The lowest BCUT2D eigenvalue weighted by Crippen LogP contribution is -2.31. The maximum atomic E-state index is 11.7. The minimum atomic E-state index is -0.200. The number of piperidine rings is 1. The second kappa shape index (κ2) is 10.6. The highest BCUT2D eigenvalue weighted by Crippen LogP contribution is 2.31. The van der Waals surface area contributed by atoms with Crippen molar-refractivity contribution in [3.8, 4) is 17.2 Å². The van der Waals surface area contributed by atoms with Crippen LogP contribution in [0.1, 0.15) is 38.2 Å². The van der Waals surface area contributed by atoms with E-state index in [1.807, 2.05) is 49.4 Å². The van der Waals surface area contributed by atoms with Gasteiger partial charge in [-0.3, -0.25) is 10.2 Å². The number of hydrogen-bond donors (Lipinski definition) is 3. The number of amides is 1. The molecule has 0 spiro atoms. The molecule has 3 aromatic rings. The van der Waals surface area contributed by atoms with Crippen LogP contribution in [-0.4, -0.2) is 30.6 Å². The number of carbonyl (C=O) groups excluding carboxylic acids is 1. The van der Waals surface area contributed by atoms with Crippen LogP contribution in [0.4, 0.5) is 0 Å². The van der Waals surface area contributed by atoms with Gasteiger partial charge in [0.05, 0.1) is 6.61 Å². The van der Waals surface area contributed by atoms with Crippen molar-refractivity contribution in [2.24, 2.45) is 17.7 Å². The van der Waals surface area contributed by atoms with E-state index in [0.717, 1.165) is 66.9 Å². The van der Waals surface area contributed by atoms with E-state index in [-0.39, 0.29) is 11.8 Å². The molecule has 0 saturated carbocycles. The van der Waals surface area contributed by atoms with E-state index < -0.39 is 0 Å². The molecule has 1 aromatic heterocycles. The number of nitrogens with two attached hydrogens (primary N) is 1. The number of allylic oxidation sites excluding steroid dienone is 1. The fourth-order valence-corrected chi connectivity index (χ4v) is 4.24. The third-order valence-corrected chi connectivity index (χ3v) is 6.38. The Morgan fingerprint density at radius 2 is 2.03 bits per heavy atom. The van der Waals surface area contributed by atoms with Crippen LogP contribution in [0.5, 0.6) is 5.75 Å². The molecule has 1 amide bonds. The number of oxazole rings is 1. The Labute approximate surface area is 194 Å². The predicted molar refractivity (Wildman–Crippen MR) is 130 cm³/mol. The zero-order valence-electron chi connectivity index (χ0n) is 19.1. The molecule has 1 aliphatic rings. The number of nitrogens with one attached hydrogen (secondary N) is 2. The van der Waals surface area contributed by atoms with Crippen LogP contribution in [0.2, 0.25) is 0 Å². The summed E-state index contributed by atoms with van der Waals surface area (Å²) in [6.45, 7) is 9.14. The van der Waals surface area contributed by atoms with Crippen molar-refractivity contribution in [3.05, 3.63) is 54.6 Å². The summed E-state index contributed by atoms with van der Waals surface area (Å²) in [4.78, 5) is 16.4. The fourth-order valence-electron chi connectivity index (χ4n) is 4.24. The second-order valence-electron chi connectivity index (χ2n) is 8.63. The molecule has 1 aliphatic heterocycles. The molecule has 1 saturated heterocycles. The van der Waals surface area contributed by atoms with Gasteiger partial charge in [0.15, 0.2) is 5.58 Å². The molecule has 4 N–H and O–H groups in total. The maximum Gasteiger partial charge on any atom is 0.234 e. The fraction of sp³-hybridized carbons (Fsp3) is 0.385. The summed E-state index contributed by atoms with van der Waals surface area (Å²) in [5.74, 6) is 7.09. The van der Waals surface area contributed by atoms with Gasteiger partial charge in [0.2, 0.25) is 11.8 Å². The molecule has 4 rings (SSSR count). The van der Waals surface area contributed by atoms with Gasteiger partial charge in [-0.2, -0.15) is 0 Å². The highest BCUT2D eigenvalue weighted by Gasteiger charge is 2.18. The van der Waals surface area contributed by atoms with Gasteiger partial charge in [0.25, 0.3) is 0 Å². The Hall–Kier alpha value is -3.16. The maximum absolute atomic E-state index is 11.7. The monoisotopic (exact) mass is 448 g/mol. The number of ether oxygens (including phenoxy) is 1. The van der Waals surface area contributed by atoms with Gasteiger partial charge in [0.1, 0.15) is 11.3 Å². The third-order valence-electron chi connectivity index (χ3n) is 6.38. The molecule has 2 aromatic carbocycles. The number of hydrogen-bond acceptors (Lipinski definition) is 6. The average molecular weight is 449 g/mol. The largest absolute Gasteiger partial charge is 0.493 e. The molecule has 1 unspecified atom stereocenters. The van der Waals surface area contributed by atoms with E-state index in [1.54, 1.807) is 0 Å². The predicted octanol–water partition coefficient (Wildman–Crippen LogP) is 4.29. The highest BCUT2D eigenvalue weighted by atomic mass is 16.5. The zero-order valence-corrected chi connectivity index (χ0v) is 19.1. The lowest BCUT2D eigenvalue weighted by atomic mass is 9.89. The number of benzene rings is 2. The van der Waals surface area contributed by atoms with Crippen molar-refractivity contribution in [1.82, 2.24) is 15.7 Å². The quantitative estimate of drug-likeness (QED) is 0.256. The van der Waals surface area contributed by atoms with Gasteiger partial charge in [-0.05, 0) is 91.7 Å². The van der Waals surface area contributed by atoms with Crippen molar-refractivity contribution in [2.75, 3.05) is 19.7 Å². The van der Waals surface area contributed by atoms with E-state index in [4.69, 9.17) is 15.0 Å². The summed E-state index contributed by atoms with van der Waals surface area (Å²) in [7, 11) is 0. The second-order valence-corrected chi connectivity index (χ2v) is 8.63. The van der Waals surface area contributed by atoms with Crippen LogP contribution in [0.15, 0.2) is 53.5 Å². The molecule has 174 valence electrons. The average Bonchev–Trinajstić information content (AvgIpc) is 3.30. The van der Waals surface area contributed by atoms with Crippen LogP contribution in [0.25, 0.3) is 28.1 Å². The molecule has 33 heavy (non-hydrogen) atoms. The number of nitrogens with zero attached hydrogens (tertiary/aromatic N) is 1. The van der Waals surface area contributed by atoms with Crippen LogP contribution in [-0.2, 0) is 4.79 Å². The zero-order chi connectivity index (χ0) is 23.2. The first-order valence-electron chi connectivity index (χ1n) is 11.6.